The molecule has 1 aliphatic carbocycles. The molecule has 1 aliphatic rings. The molecule has 0 unspecified atom stereocenters. The maximum absolute atomic E-state index is 12.5. The van der Waals surface area contributed by atoms with Crippen molar-refractivity contribution in [1.29, 1.82) is 0 Å². The van der Waals surface area contributed by atoms with E-state index in [-0.39, 0.29) is 5.91 Å². The number of hydrogen-bond donors (Lipinski definition) is 1. The molecule has 1 aromatic carbocycles. The van der Waals surface area contributed by atoms with Gasteiger partial charge in [-0.3, -0.25) is 4.79 Å². The van der Waals surface area contributed by atoms with Crippen LogP contribution in [0.1, 0.15) is 82.8 Å². The summed E-state index contributed by atoms with van der Waals surface area (Å²) in [6.45, 7) is 8.20. The number of hydrogen-bond acceptors (Lipinski definition) is 2. The standard InChI is InChI=1S/C21H33NO2/c1-15(2)19-13-12-16(3)14-20(19)24-17(4)21(23)22-18-10-8-6-5-7-9-11-18/h12-15,17-18H,5-11H2,1-4H3,(H,22,23)/t17-/m0/s1. The first-order valence-electron chi connectivity index (χ1n) is 9.55. The van der Waals surface area contributed by atoms with Gasteiger partial charge in [0.15, 0.2) is 6.10 Å². The summed E-state index contributed by atoms with van der Waals surface area (Å²) >= 11 is 0. The summed E-state index contributed by atoms with van der Waals surface area (Å²) in [5.74, 6) is 1.23. The summed E-state index contributed by atoms with van der Waals surface area (Å²) in [5.41, 5.74) is 2.31. The second-order valence-corrected chi connectivity index (χ2v) is 7.51. The van der Waals surface area contributed by atoms with Crippen LogP contribution in [-0.2, 0) is 4.79 Å². The van der Waals surface area contributed by atoms with E-state index in [4.69, 9.17) is 4.74 Å². The monoisotopic (exact) mass is 331 g/mol. The lowest BCUT2D eigenvalue weighted by Gasteiger charge is -2.24. The number of amides is 1. The molecule has 1 saturated carbocycles. The van der Waals surface area contributed by atoms with Crippen molar-refractivity contribution in [2.45, 2.75) is 90.7 Å². The highest BCUT2D eigenvalue weighted by Gasteiger charge is 2.21. The van der Waals surface area contributed by atoms with Gasteiger partial charge in [-0.1, -0.05) is 58.1 Å². The minimum atomic E-state index is -0.463. The third-order valence-corrected chi connectivity index (χ3v) is 4.92. The smallest absolute Gasteiger partial charge is 0.260 e. The van der Waals surface area contributed by atoms with Gasteiger partial charge >= 0.3 is 0 Å². The first-order chi connectivity index (χ1) is 11.5. The van der Waals surface area contributed by atoms with E-state index in [1.807, 2.05) is 13.0 Å². The molecule has 0 aromatic heterocycles. The zero-order chi connectivity index (χ0) is 17.5. The SMILES string of the molecule is Cc1ccc(C(C)C)c(O[C@@H](C)C(=O)NC2CCCCCCC2)c1. The van der Waals surface area contributed by atoms with Crippen molar-refractivity contribution in [3.63, 3.8) is 0 Å². The van der Waals surface area contributed by atoms with Crippen molar-refractivity contribution in [2.24, 2.45) is 0 Å². The molecular formula is C21H33NO2. The summed E-state index contributed by atoms with van der Waals surface area (Å²) in [7, 11) is 0. The molecule has 0 saturated heterocycles. The summed E-state index contributed by atoms with van der Waals surface area (Å²) in [6.07, 6.45) is 8.09. The minimum absolute atomic E-state index is 0.0109. The van der Waals surface area contributed by atoms with Gasteiger partial charge in [0.1, 0.15) is 5.75 Å². The molecule has 0 spiro atoms. The summed E-state index contributed by atoms with van der Waals surface area (Å²) in [6, 6.07) is 6.55. The lowest BCUT2D eigenvalue weighted by atomic mass is 9.96. The van der Waals surface area contributed by atoms with E-state index in [0.29, 0.717) is 12.0 Å². The van der Waals surface area contributed by atoms with Gasteiger partial charge < -0.3 is 10.1 Å². The Bertz CT molecular complexity index is 531. The number of carbonyl (C=O) groups excluding carboxylic acids is 1. The van der Waals surface area contributed by atoms with Crippen LogP contribution >= 0.6 is 0 Å². The molecule has 1 fully saturated rings. The Morgan fingerprint density at radius 3 is 2.33 bits per heavy atom. The predicted octanol–water partition coefficient (Wildman–Crippen LogP) is 5.11. The normalized spacial score (nSPS) is 17.9. The van der Waals surface area contributed by atoms with E-state index < -0.39 is 6.10 Å². The van der Waals surface area contributed by atoms with Gasteiger partial charge in [0.2, 0.25) is 0 Å². The van der Waals surface area contributed by atoms with Crippen LogP contribution in [0.3, 0.4) is 0 Å². The second kappa shape index (κ2) is 9.10. The molecular weight excluding hydrogens is 298 g/mol. The Hall–Kier alpha value is -1.51. The second-order valence-electron chi connectivity index (χ2n) is 7.51. The fraction of sp³-hybridized carbons (Fsp3) is 0.667. The Morgan fingerprint density at radius 1 is 1.08 bits per heavy atom. The van der Waals surface area contributed by atoms with Crippen molar-refractivity contribution in [3.05, 3.63) is 29.3 Å². The molecule has 3 heteroatoms. The fourth-order valence-electron chi connectivity index (χ4n) is 3.38. The molecule has 1 atom stereocenters. The lowest BCUT2D eigenvalue weighted by molar-refractivity contribution is -0.128. The molecule has 24 heavy (non-hydrogen) atoms. The van der Waals surface area contributed by atoms with Crippen molar-refractivity contribution < 1.29 is 9.53 Å². The zero-order valence-corrected chi connectivity index (χ0v) is 15.7. The van der Waals surface area contributed by atoms with E-state index in [2.05, 4.69) is 38.2 Å². The molecule has 3 nitrogen and oxygen atoms in total. The summed E-state index contributed by atoms with van der Waals surface area (Å²) in [5, 5.41) is 3.21. The summed E-state index contributed by atoms with van der Waals surface area (Å²) < 4.78 is 6.03. The molecule has 1 aromatic rings. The van der Waals surface area contributed by atoms with Gasteiger partial charge in [0.05, 0.1) is 0 Å². The van der Waals surface area contributed by atoms with Crippen LogP contribution in [0.4, 0.5) is 0 Å². The van der Waals surface area contributed by atoms with Crippen LogP contribution in [0.2, 0.25) is 0 Å². The minimum Gasteiger partial charge on any atom is -0.481 e. The maximum atomic E-state index is 12.5. The predicted molar refractivity (Wildman–Crippen MR) is 99.6 cm³/mol. The molecule has 1 amide bonds. The first kappa shape index (κ1) is 18.8. The van der Waals surface area contributed by atoms with Gasteiger partial charge in [0, 0.05) is 6.04 Å². The Morgan fingerprint density at radius 2 is 1.71 bits per heavy atom. The van der Waals surface area contributed by atoms with E-state index in [0.717, 1.165) is 29.7 Å². The van der Waals surface area contributed by atoms with Crippen LogP contribution in [0, 0.1) is 6.92 Å². The molecule has 1 N–H and O–H groups in total. The average Bonchev–Trinajstić information content (AvgIpc) is 2.49. The van der Waals surface area contributed by atoms with Crippen LogP contribution < -0.4 is 10.1 Å². The van der Waals surface area contributed by atoms with E-state index in [1.165, 1.54) is 32.1 Å². The van der Waals surface area contributed by atoms with Crippen LogP contribution in [0.25, 0.3) is 0 Å². The number of benzene rings is 1. The highest BCUT2D eigenvalue weighted by Crippen LogP contribution is 2.28. The van der Waals surface area contributed by atoms with E-state index >= 15 is 0 Å². The molecule has 0 bridgehead atoms. The molecule has 0 aliphatic heterocycles. The van der Waals surface area contributed by atoms with Gasteiger partial charge in [-0.15, -0.1) is 0 Å². The number of aryl methyl sites for hydroxylation is 1. The molecule has 134 valence electrons. The van der Waals surface area contributed by atoms with Gasteiger partial charge in [-0.05, 0) is 49.8 Å². The Balaban J connectivity index is 1.97. The van der Waals surface area contributed by atoms with E-state index in [1.54, 1.807) is 0 Å². The Kier molecular flexibility index (Phi) is 7.14. The van der Waals surface area contributed by atoms with Crippen molar-refractivity contribution in [2.75, 3.05) is 0 Å². The molecule has 0 radical (unpaired) electrons. The van der Waals surface area contributed by atoms with Crippen LogP contribution in [-0.4, -0.2) is 18.1 Å². The maximum Gasteiger partial charge on any atom is 0.260 e. The van der Waals surface area contributed by atoms with Crippen LogP contribution in [0.5, 0.6) is 5.75 Å². The number of ether oxygens (including phenoxy) is 1. The summed E-state index contributed by atoms with van der Waals surface area (Å²) in [4.78, 5) is 12.5. The highest BCUT2D eigenvalue weighted by molar-refractivity contribution is 5.81. The lowest BCUT2D eigenvalue weighted by Crippen LogP contribution is -2.42. The largest absolute Gasteiger partial charge is 0.481 e. The van der Waals surface area contributed by atoms with Gasteiger partial charge in [-0.2, -0.15) is 0 Å². The van der Waals surface area contributed by atoms with E-state index in [9.17, 15) is 4.79 Å². The Labute approximate surface area is 147 Å². The number of rotatable bonds is 5. The van der Waals surface area contributed by atoms with Gasteiger partial charge in [0.25, 0.3) is 5.91 Å². The fourth-order valence-corrected chi connectivity index (χ4v) is 3.38. The average molecular weight is 332 g/mol. The zero-order valence-electron chi connectivity index (χ0n) is 15.7. The van der Waals surface area contributed by atoms with Crippen molar-refractivity contribution in [1.82, 2.24) is 5.32 Å². The quantitative estimate of drug-likeness (QED) is 0.813. The topological polar surface area (TPSA) is 38.3 Å². The highest BCUT2D eigenvalue weighted by atomic mass is 16.5. The van der Waals surface area contributed by atoms with Crippen molar-refractivity contribution >= 4 is 5.91 Å². The molecule has 0 heterocycles. The number of nitrogens with one attached hydrogen (secondary N) is 1. The third kappa shape index (κ3) is 5.54. The van der Waals surface area contributed by atoms with Gasteiger partial charge in [-0.25, -0.2) is 0 Å². The third-order valence-electron chi connectivity index (χ3n) is 4.92. The van der Waals surface area contributed by atoms with Crippen molar-refractivity contribution in [3.8, 4) is 5.75 Å². The number of carbonyl (C=O) groups is 1. The first-order valence-corrected chi connectivity index (χ1v) is 9.55. The van der Waals surface area contributed by atoms with Crippen LogP contribution in [0.15, 0.2) is 18.2 Å². The molecule has 2 rings (SSSR count).